The van der Waals surface area contributed by atoms with E-state index >= 15 is 0 Å². The van der Waals surface area contributed by atoms with Crippen LogP contribution < -0.4 is 9.47 Å². The Bertz CT molecular complexity index is 1160. The maximum atomic E-state index is 13.9. The number of nitrogens with zero attached hydrogens (tertiary/aromatic N) is 1. The number of hydrogen-bond donors (Lipinski definition) is 1. The Labute approximate surface area is 184 Å². The third-order valence-electron chi connectivity index (χ3n) is 6.80. The zero-order valence-electron chi connectivity index (χ0n) is 17.2. The summed E-state index contributed by atoms with van der Waals surface area (Å²) in [6, 6.07) is 10.2. The van der Waals surface area contributed by atoms with Crippen molar-refractivity contribution in [1.29, 1.82) is 0 Å². The number of benzene rings is 2. The van der Waals surface area contributed by atoms with Gasteiger partial charge in [0.05, 0.1) is 0 Å². The van der Waals surface area contributed by atoms with Crippen LogP contribution in [0.5, 0.6) is 11.5 Å². The van der Waals surface area contributed by atoms with E-state index < -0.39 is 24.0 Å². The van der Waals surface area contributed by atoms with Gasteiger partial charge in [0.15, 0.2) is 11.5 Å². The maximum Gasteiger partial charge on any atom is 0.331 e. The molecule has 1 N–H and O–H groups in total. The van der Waals surface area contributed by atoms with E-state index in [1.807, 2.05) is 18.2 Å². The van der Waals surface area contributed by atoms with Crippen molar-refractivity contribution in [2.75, 3.05) is 13.3 Å². The standard InChI is InChI=1S/C25H22FNO5/c26-18-4-2-1-3-14(18)5-6-22(29)32-25-19(28)9-15-7-8-27-12-16-10-20-21(31-13-30-20)11-17(16)23(25)24(15)27/h1-6,9-11,19,23-25,28H,7-8,12-13H2/b6-5+/t19-,23?,24?,25+/m0/s1. The molecule has 1 fully saturated rings. The predicted octanol–water partition coefficient (Wildman–Crippen LogP) is 3.15. The summed E-state index contributed by atoms with van der Waals surface area (Å²) in [5, 5.41) is 10.9. The number of aliphatic hydroxyl groups excluding tert-OH is 1. The van der Waals surface area contributed by atoms with Crippen LogP contribution in [0.4, 0.5) is 4.39 Å². The molecule has 3 aliphatic heterocycles. The van der Waals surface area contributed by atoms with E-state index in [1.165, 1.54) is 23.8 Å². The van der Waals surface area contributed by atoms with E-state index in [9.17, 15) is 14.3 Å². The number of fused-ring (bicyclic) bond motifs is 3. The van der Waals surface area contributed by atoms with Crippen molar-refractivity contribution < 1.29 is 28.5 Å². The van der Waals surface area contributed by atoms with Crippen LogP contribution in [0.25, 0.3) is 6.08 Å². The van der Waals surface area contributed by atoms with Crippen molar-refractivity contribution in [2.24, 2.45) is 0 Å². The molecule has 6 nitrogen and oxygen atoms in total. The molecule has 3 heterocycles. The second kappa shape index (κ2) is 7.46. The summed E-state index contributed by atoms with van der Waals surface area (Å²) in [6.45, 7) is 1.85. The van der Waals surface area contributed by atoms with Crippen molar-refractivity contribution >= 4 is 12.0 Å². The first-order valence-corrected chi connectivity index (χ1v) is 10.8. The summed E-state index contributed by atoms with van der Waals surface area (Å²) >= 11 is 0. The minimum Gasteiger partial charge on any atom is -0.455 e. The van der Waals surface area contributed by atoms with Gasteiger partial charge in [-0.2, -0.15) is 0 Å². The minimum absolute atomic E-state index is 0.0691. The van der Waals surface area contributed by atoms with Crippen molar-refractivity contribution in [3.05, 3.63) is 76.6 Å². The van der Waals surface area contributed by atoms with Crippen LogP contribution in [0.3, 0.4) is 0 Å². The summed E-state index contributed by atoms with van der Waals surface area (Å²) < 4.78 is 30.8. The molecule has 2 aromatic carbocycles. The number of halogens is 1. The highest BCUT2D eigenvalue weighted by Crippen LogP contribution is 2.50. The van der Waals surface area contributed by atoms with Crippen molar-refractivity contribution in [3.63, 3.8) is 0 Å². The monoisotopic (exact) mass is 435 g/mol. The summed E-state index contributed by atoms with van der Waals surface area (Å²) in [4.78, 5) is 15.0. The Morgan fingerprint density at radius 3 is 2.88 bits per heavy atom. The van der Waals surface area contributed by atoms with Gasteiger partial charge in [-0.05, 0) is 41.8 Å². The highest BCUT2D eigenvalue weighted by atomic mass is 19.1. The molecule has 32 heavy (non-hydrogen) atoms. The number of ether oxygens (including phenoxy) is 3. The molecule has 164 valence electrons. The molecule has 1 saturated heterocycles. The van der Waals surface area contributed by atoms with Crippen molar-refractivity contribution in [3.8, 4) is 11.5 Å². The van der Waals surface area contributed by atoms with Crippen LogP contribution in [-0.4, -0.2) is 47.6 Å². The zero-order valence-corrected chi connectivity index (χ0v) is 17.2. The van der Waals surface area contributed by atoms with Gasteiger partial charge in [0.1, 0.15) is 18.0 Å². The molecule has 0 aromatic heterocycles. The normalized spacial score (nSPS) is 27.8. The number of carbonyl (C=O) groups excluding carboxylic acids is 1. The van der Waals surface area contributed by atoms with Gasteiger partial charge >= 0.3 is 5.97 Å². The lowest BCUT2D eigenvalue weighted by Gasteiger charge is -2.45. The van der Waals surface area contributed by atoms with E-state index in [2.05, 4.69) is 4.90 Å². The molecule has 4 atom stereocenters. The van der Waals surface area contributed by atoms with E-state index in [-0.39, 0.29) is 18.8 Å². The maximum absolute atomic E-state index is 13.9. The van der Waals surface area contributed by atoms with Gasteiger partial charge in [-0.25, -0.2) is 9.18 Å². The Morgan fingerprint density at radius 1 is 1.22 bits per heavy atom. The summed E-state index contributed by atoms with van der Waals surface area (Å²) in [7, 11) is 0. The summed E-state index contributed by atoms with van der Waals surface area (Å²) in [5.41, 5.74) is 3.58. The summed E-state index contributed by atoms with van der Waals surface area (Å²) in [6.07, 6.45) is 3.63. The Morgan fingerprint density at radius 2 is 2.03 bits per heavy atom. The largest absolute Gasteiger partial charge is 0.455 e. The Hall–Kier alpha value is -3.16. The van der Waals surface area contributed by atoms with Crippen LogP contribution >= 0.6 is 0 Å². The smallest absolute Gasteiger partial charge is 0.331 e. The van der Waals surface area contributed by atoms with E-state index in [1.54, 1.807) is 18.2 Å². The van der Waals surface area contributed by atoms with Gasteiger partial charge in [0, 0.05) is 36.7 Å². The number of hydrogen-bond acceptors (Lipinski definition) is 6. The SMILES string of the molecule is O=C(/C=C/c1ccccc1F)O[C@H]1C2c3cc4c(cc3CN3CCC(=C[C@@H]1O)C23)OCO4. The number of carbonyl (C=O) groups is 1. The molecule has 6 rings (SSSR count). The zero-order chi connectivity index (χ0) is 21.8. The predicted molar refractivity (Wildman–Crippen MR) is 114 cm³/mol. The third kappa shape index (κ3) is 3.12. The lowest BCUT2D eigenvalue weighted by atomic mass is 9.73. The van der Waals surface area contributed by atoms with Crippen LogP contribution in [-0.2, 0) is 16.1 Å². The van der Waals surface area contributed by atoms with Gasteiger partial charge in [-0.15, -0.1) is 0 Å². The lowest BCUT2D eigenvalue weighted by molar-refractivity contribution is -0.150. The molecule has 2 unspecified atom stereocenters. The molecule has 1 aliphatic carbocycles. The second-order valence-corrected chi connectivity index (χ2v) is 8.58. The highest BCUT2D eigenvalue weighted by Gasteiger charge is 2.50. The summed E-state index contributed by atoms with van der Waals surface area (Å²) in [5.74, 6) is 0.129. The molecule has 0 amide bonds. The Balaban J connectivity index is 1.34. The lowest BCUT2D eigenvalue weighted by Crippen LogP contribution is -2.51. The van der Waals surface area contributed by atoms with Gasteiger partial charge in [-0.1, -0.05) is 29.8 Å². The van der Waals surface area contributed by atoms with Crippen molar-refractivity contribution in [2.45, 2.75) is 37.1 Å². The first kappa shape index (κ1) is 19.5. The van der Waals surface area contributed by atoms with Crippen LogP contribution in [0.1, 0.15) is 29.0 Å². The van der Waals surface area contributed by atoms with Gasteiger partial charge in [0.25, 0.3) is 0 Å². The first-order chi connectivity index (χ1) is 15.6. The molecule has 2 aromatic rings. The number of rotatable bonds is 3. The van der Waals surface area contributed by atoms with Crippen molar-refractivity contribution in [1.82, 2.24) is 4.90 Å². The van der Waals surface area contributed by atoms with E-state index in [0.29, 0.717) is 11.3 Å². The quantitative estimate of drug-likeness (QED) is 0.454. The number of esters is 1. The fraction of sp³-hybridized carbons (Fsp3) is 0.320. The van der Waals surface area contributed by atoms with Crippen LogP contribution in [0.15, 0.2) is 54.1 Å². The Kier molecular flexibility index (Phi) is 4.55. The molecule has 4 aliphatic rings. The fourth-order valence-corrected chi connectivity index (χ4v) is 5.41. The van der Waals surface area contributed by atoms with Crippen LogP contribution in [0.2, 0.25) is 0 Å². The fourth-order valence-electron chi connectivity index (χ4n) is 5.41. The molecule has 0 radical (unpaired) electrons. The molecule has 7 heteroatoms. The molecule has 0 saturated carbocycles. The average molecular weight is 435 g/mol. The molecular formula is C25H22FNO5. The average Bonchev–Trinajstić information content (AvgIpc) is 3.40. The van der Waals surface area contributed by atoms with E-state index in [0.717, 1.165) is 36.4 Å². The first-order valence-electron chi connectivity index (χ1n) is 10.8. The van der Waals surface area contributed by atoms with Gasteiger partial charge in [-0.3, -0.25) is 4.90 Å². The highest BCUT2D eigenvalue weighted by molar-refractivity contribution is 5.87. The minimum atomic E-state index is -0.923. The third-order valence-corrected chi connectivity index (χ3v) is 6.80. The topological polar surface area (TPSA) is 68.2 Å². The van der Waals surface area contributed by atoms with Gasteiger partial charge in [0.2, 0.25) is 6.79 Å². The van der Waals surface area contributed by atoms with E-state index in [4.69, 9.17) is 14.2 Å². The molecular weight excluding hydrogens is 413 g/mol. The van der Waals surface area contributed by atoms with Gasteiger partial charge < -0.3 is 19.3 Å². The number of aliphatic hydroxyl groups is 1. The van der Waals surface area contributed by atoms with Crippen LogP contribution in [0, 0.1) is 5.82 Å². The molecule has 0 spiro atoms. The second-order valence-electron chi connectivity index (χ2n) is 8.58. The molecule has 0 bridgehead atoms.